The van der Waals surface area contributed by atoms with E-state index in [0.29, 0.717) is 0 Å². The lowest BCUT2D eigenvalue weighted by molar-refractivity contribution is -0.688. The quantitative estimate of drug-likeness (QED) is 0.377. The summed E-state index contributed by atoms with van der Waals surface area (Å²) in [6, 6.07) is 20.7. The van der Waals surface area contributed by atoms with Crippen LogP contribution in [0.5, 0.6) is 0 Å². The molecule has 4 rings (SSSR count). The Labute approximate surface area is 173 Å². The number of nitrogens with zero attached hydrogens (tertiary/aromatic N) is 1. The maximum absolute atomic E-state index is 5.95. The normalized spacial score (nSPS) is 10.6. The molecule has 0 N–H and O–H groups in total. The molecule has 0 fully saturated rings. The molecule has 0 amide bonds. The molecule has 2 heterocycles. The van der Waals surface area contributed by atoms with Crippen molar-refractivity contribution in [2.75, 3.05) is 0 Å². The van der Waals surface area contributed by atoms with E-state index in [-0.39, 0.29) is 17.0 Å². The highest BCUT2D eigenvalue weighted by Gasteiger charge is 2.09. The number of pyridine rings is 1. The zero-order valence-corrected chi connectivity index (χ0v) is 17.9. The van der Waals surface area contributed by atoms with Gasteiger partial charge in [0, 0.05) is 37.6 Å². The topological polar surface area (TPSA) is 17.0 Å². The summed E-state index contributed by atoms with van der Waals surface area (Å²) in [4.78, 5) is 0. The van der Waals surface area contributed by atoms with E-state index in [1.165, 1.54) is 5.56 Å². The zero-order valence-electron chi connectivity index (χ0n) is 13.1. The molecule has 0 aliphatic heterocycles. The summed E-state index contributed by atoms with van der Waals surface area (Å²) in [5.41, 5.74) is 3.25. The molecule has 4 aromatic rings. The average Bonchev–Trinajstić information content (AvgIpc) is 3.01. The monoisotopic (exact) mass is 521 g/mol. The molecule has 0 bridgehead atoms. The number of hydrogen-bond donors (Lipinski definition) is 0. The van der Waals surface area contributed by atoms with Gasteiger partial charge in [-0.15, -0.1) is 0 Å². The fourth-order valence-electron chi connectivity index (χ4n) is 2.68. The summed E-state index contributed by atoms with van der Waals surface area (Å²) in [5, 5.41) is 1.10. The summed E-state index contributed by atoms with van der Waals surface area (Å²) in [5.74, 6) is 0.888. The van der Waals surface area contributed by atoms with Gasteiger partial charge in [0.25, 0.3) is 0 Å². The summed E-state index contributed by atoms with van der Waals surface area (Å²) < 4.78 is 10.3. The van der Waals surface area contributed by atoms with Gasteiger partial charge >= 0.3 is 0 Å². The zero-order chi connectivity index (χ0) is 16.5. The van der Waals surface area contributed by atoms with Crippen LogP contribution in [0.2, 0.25) is 0 Å². The standard InChI is InChI=1S/C20H14Br2NO.BrH/c21-17-3-1-14(2-4-17)13-23-9-7-15(8-10-23)20-12-16-11-18(22)5-6-19(16)24-20;/h1-12H,13H2;1H/q+1;/p-1. The van der Waals surface area contributed by atoms with E-state index in [1.54, 1.807) is 0 Å². The second kappa shape index (κ2) is 7.85. The van der Waals surface area contributed by atoms with E-state index < -0.39 is 0 Å². The van der Waals surface area contributed by atoms with Gasteiger partial charge in [-0.25, -0.2) is 4.57 Å². The van der Waals surface area contributed by atoms with E-state index in [9.17, 15) is 0 Å². The fourth-order valence-corrected chi connectivity index (χ4v) is 3.33. The molecule has 0 aliphatic carbocycles. The van der Waals surface area contributed by atoms with Crippen LogP contribution in [0.1, 0.15) is 5.56 Å². The maximum Gasteiger partial charge on any atom is 0.173 e. The smallest absolute Gasteiger partial charge is 0.173 e. The van der Waals surface area contributed by atoms with Crippen LogP contribution < -0.4 is 21.5 Å². The van der Waals surface area contributed by atoms with Gasteiger partial charge < -0.3 is 21.4 Å². The van der Waals surface area contributed by atoms with Gasteiger partial charge in [0.1, 0.15) is 11.3 Å². The fraction of sp³-hybridized carbons (Fsp3) is 0.0500. The lowest BCUT2D eigenvalue weighted by atomic mass is 10.2. The van der Waals surface area contributed by atoms with Crippen molar-refractivity contribution in [3.63, 3.8) is 0 Å². The molecule has 0 aliphatic rings. The molecular formula is C20H14Br3NO. The van der Waals surface area contributed by atoms with Crippen molar-refractivity contribution in [2.45, 2.75) is 6.54 Å². The molecule has 25 heavy (non-hydrogen) atoms. The summed E-state index contributed by atoms with van der Waals surface area (Å²) >= 11 is 6.96. The Bertz CT molecular complexity index is 992. The Morgan fingerprint density at radius 2 is 1.48 bits per heavy atom. The molecule has 0 unspecified atom stereocenters. The van der Waals surface area contributed by atoms with Crippen molar-refractivity contribution in [1.82, 2.24) is 0 Å². The summed E-state index contributed by atoms with van der Waals surface area (Å²) in [7, 11) is 0. The summed E-state index contributed by atoms with van der Waals surface area (Å²) in [6.07, 6.45) is 4.17. The number of halogens is 3. The van der Waals surface area contributed by atoms with Crippen LogP contribution in [-0.4, -0.2) is 0 Å². The predicted octanol–water partition coefficient (Wildman–Crippen LogP) is 2.96. The van der Waals surface area contributed by atoms with Crippen LogP contribution in [0.15, 0.2) is 86.4 Å². The van der Waals surface area contributed by atoms with Gasteiger partial charge in [0.15, 0.2) is 18.9 Å². The van der Waals surface area contributed by atoms with Gasteiger partial charge in [-0.1, -0.05) is 44.0 Å². The largest absolute Gasteiger partial charge is 1.00 e. The number of fused-ring (bicyclic) bond motifs is 1. The van der Waals surface area contributed by atoms with Crippen LogP contribution in [0.25, 0.3) is 22.3 Å². The van der Waals surface area contributed by atoms with E-state index in [1.807, 2.05) is 12.1 Å². The van der Waals surface area contributed by atoms with Crippen molar-refractivity contribution in [3.8, 4) is 11.3 Å². The minimum Gasteiger partial charge on any atom is -1.00 e. The Balaban J connectivity index is 0.00000182. The van der Waals surface area contributed by atoms with E-state index in [2.05, 4.69) is 97.4 Å². The number of rotatable bonds is 3. The van der Waals surface area contributed by atoms with E-state index in [4.69, 9.17) is 4.42 Å². The first-order valence-electron chi connectivity index (χ1n) is 7.60. The number of furan rings is 1. The first-order valence-corrected chi connectivity index (χ1v) is 9.19. The molecule has 0 saturated heterocycles. The highest BCUT2D eigenvalue weighted by molar-refractivity contribution is 9.10. The van der Waals surface area contributed by atoms with Crippen molar-refractivity contribution in [3.05, 3.63) is 87.6 Å². The van der Waals surface area contributed by atoms with Crippen molar-refractivity contribution in [2.24, 2.45) is 0 Å². The molecule has 0 saturated carbocycles. The second-order valence-corrected chi connectivity index (χ2v) is 7.51. The minimum atomic E-state index is 0. The SMILES string of the molecule is Brc1ccc(C[n+]2ccc(-c3cc4cc(Br)ccc4o3)cc2)cc1.[Br-]. The van der Waals surface area contributed by atoms with Crippen LogP contribution >= 0.6 is 31.9 Å². The lowest BCUT2D eigenvalue weighted by Gasteiger charge is -1.99. The Hall–Kier alpha value is -1.43. The Morgan fingerprint density at radius 3 is 2.20 bits per heavy atom. The minimum absolute atomic E-state index is 0. The third kappa shape index (κ3) is 4.22. The average molecular weight is 524 g/mol. The van der Waals surface area contributed by atoms with Crippen LogP contribution in [0.3, 0.4) is 0 Å². The van der Waals surface area contributed by atoms with Crippen LogP contribution in [0.4, 0.5) is 0 Å². The van der Waals surface area contributed by atoms with Crippen molar-refractivity contribution >= 4 is 42.8 Å². The molecule has 5 heteroatoms. The predicted molar refractivity (Wildman–Crippen MR) is 103 cm³/mol. The van der Waals surface area contributed by atoms with Gasteiger partial charge in [-0.3, -0.25) is 0 Å². The third-order valence-corrected chi connectivity index (χ3v) is 4.95. The summed E-state index contributed by atoms with van der Waals surface area (Å²) in [6.45, 7) is 0.848. The molecular weight excluding hydrogens is 510 g/mol. The van der Waals surface area contributed by atoms with Gasteiger partial charge in [0.2, 0.25) is 0 Å². The first kappa shape index (κ1) is 18.4. The molecule has 0 radical (unpaired) electrons. The Morgan fingerprint density at radius 1 is 0.800 bits per heavy atom. The van der Waals surface area contributed by atoms with Crippen LogP contribution in [-0.2, 0) is 6.54 Å². The molecule has 2 aromatic carbocycles. The third-order valence-electron chi connectivity index (χ3n) is 3.93. The van der Waals surface area contributed by atoms with Crippen molar-refractivity contribution in [1.29, 1.82) is 0 Å². The maximum atomic E-state index is 5.95. The molecule has 2 nitrogen and oxygen atoms in total. The van der Waals surface area contributed by atoms with Crippen molar-refractivity contribution < 1.29 is 26.0 Å². The number of aromatic nitrogens is 1. The van der Waals surface area contributed by atoms with Crippen LogP contribution in [0, 0.1) is 0 Å². The molecule has 0 atom stereocenters. The highest BCUT2D eigenvalue weighted by Crippen LogP contribution is 2.29. The second-order valence-electron chi connectivity index (χ2n) is 5.68. The molecule has 126 valence electrons. The number of benzene rings is 2. The van der Waals surface area contributed by atoms with E-state index in [0.717, 1.165) is 37.8 Å². The number of hydrogen-bond acceptors (Lipinski definition) is 1. The molecule has 2 aromatic heterocycles. The lowest BCUT2D eigenvalue weighted by Crippen LogP contribution is -3.00. The van der Waals surface area contributed by atoms with E-state index >= 15 is 0 Å². The highest BCUT2D eigenvalue weighted by atomic mass is 79.9. The van der Waals surface area contributed by atoms with Gasteiger partial charge in [0.05, 0.1) is 0 Å². The van der Waals surface area contributed by atoms with Gasteiger partial charge in [-0.05, 0) is 36.4 Å². The van der Waals surface area contributed by atoms with Gasteiger partial charge in [-0.2, -0.15) is 0 Å². The first-order chi connectivity index (χ1) is 11.7. The molecule has 0 spiro atoms. The Kier molecular flexibility index (Phi) is 5.77.